The number of rotatable bonds is 3. The lowest BCUT2D eigenvalue weighted by atomic mass is 10.2. The van der Waals surface area contributed by atoms with Gasteiger partial charge in [0.1, 0.15) is 23.5 Å². The van der Waals surface area contributed by atoms with Gasteiger partial charge < -0.3 is 14.6 Å². The molecule has 1 aliphatic rings. The van der Waals surface area contributed by atoms with Crippen LogP contribution in [0.4, 0.5) is 4.79 Å². The first kappa shape index (κ1) is 17.8. The van der Waals surface area contributed by atoms with Crippen molar-refractivity contribution in [2.45, 2.75) is 44.9 Å². The third-order valence-corrected chi connectivity index (χ3v) is 3.95. The molecule has 1 heterocycles. The molecule has 0 spiro atoms. The Hall–Kier alpha value is -1.51. The molecule has 1 amide bonds. The van der Waals surface area contributed by atoms with Crippen LogP contribution in [0.1, 0.15) is 27.2 Å². The molecule has 1 aromatic rings. The molecular formula is C16H20INO5. The van der Waals surface area contributed by atoms with Crippen molar-refractivity contribution in [2.75, 3.05) is 6.54 Å². The number of likely N-dealkylation sites (tertiary alicyclic amines) is 1. The number of ether oxygens (including phenoxy) is 2. The van der Waals surface area contributed by atoms with Crippen LogP contribution < -0.4 is 4.74 Å². The van der Waals surface area contributed by atoms with Crippen LogP contribution >= 0.6 is 22.6 Å². The second-order valence-corrected chi connectivity index (χ2v) is 7.67. The van der Waals surface area contributed by atoms with Crippen molar-refractivity contribution in [3.05, 3.63) is 27.8 Å². The SMILES string of the molecule is CC(C)(C)OC(=O)N1C[C@@H](Oc2cccc(I)c2)C[C@H]1C(=O)O. The van der Waals surface area contributed by atoms with Gasteiger partial charge >= 0.3 is 12.1 Å². The number of nitrogens with zero attached hydrogens (tertiary/aromatic N) is 1. The van der Waals surface area contributed by atoms with E-state index in [4.69, 9.17) is 9.47 Å². The zero-order valence-corrected chi connectivity index (χ0v) is 15.4. The third kappa shape index (κ3) is 4.98. The Morgan fingerprint density at radius 3 is 2.61 bits per heavy atom. The number of benzene rings is 1. The molecule has 0 bridgehead atoms. The zero-order chi connectivity index (χ0) is 17.2. The molecule has 7 heteroatoms. The van der Waals surface area contributed by atoms with Gasteiger partial charge in [-0.2, -0.15) is 0 Å². The van der Waals surface area contributed by atoms with Crippen LogP contribution in [0.3, 0.4) is 0 Å². The predicted octanol–water partition coefficient (Wildman–Crippen LogP) is 3.13. The normalized spacial score (nSPS) is 21.1. The number of carboxylic acid groups (broad SMARTS) is 1. The quantitative estimate of drug-likeness (QED) is 0.742. The number of carboxylic acids is 1. The van der Waals surface area contributed by atoms with Crippen LogP contribution in [0.5, 0.6) is 5.75 Å². The molecule has 1 aromatic carbocycles. The highest BCUT2D eigenvalue weighted by atomic mass is 127. The summed E-state index contributed by atoms with van der Waals surface area (Å²) >= 11 is 2.18. The highest BCUT2D eigenvalue weighted by Gasteiger charge is 2.42. The van der Waals surface area contributed by atoms with Crippen molar-refractivity contribution in [2.24, 2.45) is 0 Å². The number of hydrogen-bond donors (Lipinski definition) is 1. The molecule has 1 aliphatic heterocycles. The monoisotopic (exact) mass is 433 g/mol. The first-order chi connectivity index (χ1) is 10.7. The smallest absolute Gasteiger partial charge is 0.411 e. The largest absolute Gasteiger partial charge is 0.488 e. The van der Waals surface area contributed by atoms with E-state index in [0.29, 0.717) is 5.75 Å². The van der Waals surface area contributed by atoms with Gasteiger partial charge in [-0.25, -0.2) is 9.59 Å². The van der Waals surface area contributed by atoms with E-state index in [1.165, 1.54) is 4.90 Å². The maximum atomic E-state index is 12.2. The van der Waals surface area contributed by atoms with Crippen molar-refractivity contribution in [3.63, 3.8) is 0 Å². The molecule has 2 atom stereocenters. The van der Waals surface area contributed by atoms with Crippen molar-refractivity contribution in [3.8, 4) is 5.75 Å². The van der Waals surface area contributed by atoms with E-state index in [2.05, 4.69) is 22.6 Å². The Kier molecular flexibility index (Phi) is 5.38. The summed E-state index contributed by atoms with van der Waals surface area (Å²) in [5, 5.41) is 9.35. The van der Waals surface area contributed by atoms with Gasteiger partial charge in [0.05, 0.1) is 6.54 Å². The van der Waals surface area contributed by atoms with Crippen LogP contribution in [0, 0.1) is 3.57 Å². The van der Waals surface area contributed by atoms with E-state index in [-0.39, 0.29) is 19.1 Å². The van der Waals surface area contributed by atoms with Gasteiger partial charge in [-0.3, -0.25) is 4.90 Å². The molecule has 0 saturated carbocycles. The predicted molar refractivity (Wildman–Crippen MR) is 92.6 cm³/mol. The Morgan fingerprint density at radius 1 is 1.35 bits per heavy atom. The average Bonchev–Trinajstić information content (AvgIpc) is 2.81. The van der Waals surface area contributed by atoms with Gasteiger partial charge in [-0.05, 0) is 61.6 Å². The molecule has 2 rings (SSSR count). The molecule has 126 valence electrons. The lowest BCUT2D eigenvalue weighted by molar-refractivity contribution is -0.142. The fraction of sp³-hybridized carbons (Fsp3) is 0.500. The lowest BCUT2D eigenvalue weighted by Crippen LogP contribution is -2.43. The molecular weight excluding hydrogens is 413 g/mol. The van der Waals surface area contributed by atoms with Gasteiger partial charge in [0.15, 0.2) is 0 Å². The van der Waals surface area contributed by atoms with E-state index in [1.807, 2.05) is 24.3 Å². The van der Waals surface area contributed by atoms with Crippen molar-refractivity contribution in [1.29, 1.82) is 0 Å². The number of carbonyl (C=O) groups excluding carboxylic acids is 1. The van der Waals surface area contributed by atoms with Gasteiger partial charge in [0, 0.05) is 9.99 Å². The van der Waals surface area contributed by atoms with E-state index >= 15 is 0 Å². The molecule has 0 unspecified atom stereocenters. The first-order valence-electron chi connectivity index (χ1n) is 7.30. The highest BCUT2D eigenvalue weighted by molar-refractivity contribution is 14.1. The molecule has 1 fully saturated rings. The second-order valence-electron chi connectivity index (χ2n) is 6.42. The summed E-state index contributed by atoms with van der Waals surface area (Å²) in [5.41, 5.74) is -0.672. The van der Waals surface area contributed by atoms with Crippen LogP contribution in [0.15, 0.2) is 24.3 Å². The van der Waals surface area contributed by atoms with Gasteiger partial charge in [-0.15, -0.1) is 0 Å². The van der Waals surface area contributed by atoms with Gasteiger partial charge in [-0.1, -0.05) is 6.07 Å². The average molecular weight is 433 g/mol. The summed E-state index contributed by atoms with van der Waals surface area (Å²) in [6.45, 7) is 5.43. The zero-order valence-electron chi connectivity index (χ0n) is 13.3. The summed E-state index contributed by atoms with van der Waals surface area (Å²) in [7, 11) is 0. The Balaban J connectivity index is 2.08. The molecule has 0 aromatic heterocycles. The number of carbonyl (C=O) groups is 2. The second kappa shape index (κ2) is 6.94. The number of amides is 1. The van der Waals surface area contributed by atoms with E-state index in [1.54, 1.807) is 20.8 Å². The molecule has 1 N–H and O–H groups in total. The Labute approximate surface area is 148 Å². The van der Waals surface area contributed by atoms with Crippen molar-refractivity contribution >= 4 is 34.7 Å². The fourth-order valence-electron chi connectivity index (χ4n) is 2.37. The molecule has 23 heavy (non-hydrogen) atoms. The fourth-order valence-corrected chi connectivity index (χ4v) is 2.89. The maximum Gasteiger partial charge on any atom is 0.411 e. The van der Waals surface area contributed by atoms with E-state index < -0.39 is 23.7 Å². The molecule has 1 saturated heterocycles. The van der Waals surface area contributed by atoms with Crippen LogP contribution in [0.25, 0.3) is 0 Å². The van der Waals surface area contributed by atoms with Crippen LogP contribution in [-0.2, 0) is 9.53 Å². The van der Waals surface area contributed by atoms with E-state index in [9.17, 15) is 14.7 Å². The number of aliphatic carboxylic acids is 1. The lowest BCUT2D eigenvalue weighted by Gasteiger charge is -2.26. The van der Waals surface area contributed by atoms with Gasteiger partial charge in [0.25, 0.3) is 0 Å². The minimum atomic E-state index is -1.05. The topological polar surface area (TPSA) is 76.1 Å². The molecule has 0 aliphatic carbocycles. The summed E-state index contributed by atoms with van der Waals surface area (Å²) in [4.78, 5) is 24.9. The number of hydrogen-bond acceptors (Lipinski definition) is 4. The van der Waals surface area contributed by atoms with Crippen molar-refractivity contribution in [1.82, 2.24) is 4.90 Å². The first-order valence-corrected chi connectivity index (χ1v) is 8.38. The Bertz CT molecular complexity index is 598. The Morgan fingerprint density at radius 2 is 2.04 bits per heavy atom. The minimum Gasteiger partial charge on any atom is -0.488 e. The standard InChI is InChI=1S/C16H20INO5/c1-16(2,3)23-15(21)18-9-12(8-13(18)14(19)20)22-11-6-4-5-10(17)7-11/h4-7,12-13H,8-9H2,1-3H3,(H,19,20)/t12-,13-/m0/s1. The number of halogens is 1. The van der Waals surface area contributed by atoms with Crippen LogP contribution in [0.2, 0.25) is 0 Å². The third-order valence-electron chi connectivity index (χ3n) is 3.27. The van der Waals surface area contributed by atoms with Crippen LogP contribution in [-0.4, -0.2) is 46.4 Å². The summed E-state index contributed by atoms with van der Waals surface area (Å²) in [5.74, 6) is -0.387. The highest BCUT2D eigenvalue weighted by Crippen LogP contribution is 2.26. The van der Waals surface area contributed by atoms with Crippen molar-refractivity contribution < 1.29 is 24.2 Å². The van der Waals surface area contributed by atoms with Gasteiger partial charge in [0.2, 0.25) is 0 Å². The summed E-state index contributed by atoms with van der Waals surface area (Å²) in [6.07, 6.45) is -0.763. The summed E-state index contributed by atoms with van der Waals surface area (Å²) < 4.78 is 12.1. The summed E-state index contributed by atoms with van der Waals surface area (Å²) in [6, 6.07) is 6.56. The molecule has 6 nitrogen and oxygen atoms in total. The van der Waals surface area contributed by atoms with E-state index in [0.717, 1.165) is 3.57 Å². The maximum absolute atomic E-state index is 12.2. The molecule has 0 radical (unpaired) electrons. The minimum absolute atomic E-state index is 0.192.